The summed E-state index contributed by atoms with van der Waals surface area (Å²) in [6.45, 7) is 0. The van der Waals surface area contributed by atoms with Gasteiger partial charge in [-0.25, -0.2) is 10.6 Å². The van der Waals surface area contributed by atoms with Gasteiger partial charge in [-0.1, -0.05) is 18.2 Å². The molecule has 14 heavy (non-hydrogen) atoms. The maximum Gasteiger partial charge on any atom is 0.435 e. The van der Waals surface area contributed by atoms with E-state index >= 15 is 0 Å². The zero-order valence-electron chi connectivity index (χ0n) is 7.54. The Kier molecular flexibility index (Phi) is 4.64. The number of rotatable bonds is 3. The zero-order valence-corrected chi connectivity index (χ0v) is 9.18. The van der Waals surface area contributed by atoms with Crippen LogP contribution >= 0.6 is 21.8 Å². The lowest BCUT2D eigenvalue weighted by molar-refractivity contribution is 0.152. The summed E-state index contributed by atoms with van der Waals surface area (Å²) in [5.41, 5.74) is 0. The Hall–Kier alpha value is -0.850. The normalized spacial score (nSPS) is 9.57. The van der Waals surface area contributed by atoms with Crippen LogP contribution in [0.25, 0.3) is 0 Å². The Labute approximate surface area is 90.3 Å². The molecule has 0 aliphatic carbocycles. The van der Waals surface area contributed by atoms with Crippen molar-refractivity contribution in [2.24, 2.45) is 5.84 Å². The van der Waals surface area contributed by atoms with Crippen LogP contribution in [0.15, 0.2) is 35.2 Å². The van der Waals surface area contributed by atoms with Crippen molar-refractivity contribution in [3.63, 3.8) is 0 Å². The van der Waals surface area contributed by atoms with Gasteiger partial charge in [0.05, 0.1) is 7.11 Å². The van der Waals surface area contributed by atoms with Crippen molar-refractivity contribution in [1.29, 1.82) is 0 Å². The molecule has 6 heteroatoms. The first kappa shape index (κ1) is 11.2. The van der Waals surface area contributed by atoms with Gasteiger partial charge in [-0.05, 0) is 22.9 Å². The molecule has 0 atom stereocenters. The highest BCUT2D eigenvalue weighted by molar-refractivity contribution is 8.75. The van der Waals surface area contributed by atoms with Gasteiger partial charge in [0, 0.05) is 15.9 Å². The molecule has 0 bridgehead atoms. The van der Waals surface area contributed by atoms with Crippen LogP contribution in [0.1, 0.15) is 0 Å². The van der Waals surface area contributed by atoms with Gasteiger partial charge < -0.3 is 4.74 Å². The molecule has 1 amide bonds. The van der Waals surface area contributed by atoms with E-state index < -0.39 is 6.09 Å². The third-order valence-corrected chi connectivity index (χ3v) is 3.44. The number of ether oxygens (including phenoxy) is 1. The largest absolute Gasteiger partial charge is 0.451 e. The lowest BCUT2D eigenvalue weighted by atomic mass is 10.4. The SMILES string of the molecule is COC(=O)N(N)SSc1ccccc1. The van der Waals surface area contributed by atoms with Crippen LogP contribution in [0, 0.1) is 0 Å². The second kappa shape index (κ2) is 5.79. The lowest BCUT2D eigenvalue weighted by Gasteiger charge is -2.11. The minimum absolute atomic E-state index is 0.571. The highest BCUT2D eigenvalue weighted by Gasteiger charge is 2.09. The summed E-state index contributed by atoms with van der Waals surface area (Å²) in [6, 6.07) is 9.63. The lowest BCUT2D eigenvalue weighted by Crippen LogP contribution is -2.29. The van der Waals surface area contributed by atoms with Gasteiger partial charge in [-0.3, -0.25) is 0 Å². The molecule has 0 saturated heterocycles. The van der Waals surface area contributed by atoms with Crippen molar-refractivity contribution in [2.45, 2.75) is 4.90 Å². The molecular weight excluding hydrogens is 220 g/mol. The Balaban J connectivity index is 2.38. The molecule has 0 aliphatic rings. The maximum atomic E-state index is 10.9. The number of amides is 1. The highest BCUT2D eigenvalue weighted by Crippen LogP contribution is 2.31. The summed E-state index contributed by atoms with van der Waals surface area (Å²) < 4.78 is 5.37. The maximum absolute atomic E-state index is 10.9. The fraction of sp³-hybridized carbons (Fsp3) is 0.125. The van der Waals surface area contributed by atoms with Crippen LogP contribution in [0.2, 0.25) is 0 Å². The van der Waals surface area contributed by atoms with Crippen LogP contribution in [0.4, 0.5) is 4.79 Å². The van der Waals surface area contributed by atoms with Gasteiger partial charge in [0.1, 0.15) is 0 Å². The average Bonchev–Trinajstić information content (AvgIpc) is 2.26. The zero-order chi connectivity index (χ0) is 10.4. The number of benzene rings is 1. The quantitative estimate of drug-likeness (QED) is 0.284. The van der Waals surface area contributed by atoms with E-state index in [-0.39, 0.29) is 0 Å². The van der Waals surface area contributed by atoms with Crippen LogP contribution < -0.4 is 5.84 Å². The molecule has 0 heterocycles. The number of nitrogens with two attached hydrogens (primary N) is 1. The molecule has 0 unspecified atom stereocenters. The predicted octanol–water partition coefficient (Wildman–Crippen LogP) is 2.28. The first-order valence-corrected chi connectivity index (χ1v) is 5.87. The molecule has 0 fully saturated rings. The Morgan fingerprint density at radius 2 is 2.07 bits per heavy atom. The van der Waals surface area contributed by atoms with Crippen LogP contribution in [0.3, 0.4) is 0 Å². The molecule has 1 aromatic rings. The fourth-order valence-electron chi connectivity index (χ4n) is 0.680. The van der Waals surface area contributed by atoms with Gasteiger partial charge in [0.2, 0.25) is 0 Å². The molecule has 76 valence electrons. The van der Waals surface area contributed by atoms with Crippen molar-refractivity contribution in [1.82, 2.24) is 4.41 Å². The molecule has 0 aliphatic heterocycles. The van der Waals surface area contributed by atoms with Gasteiger partial charge in [0.15, 0.2) is 0 Å². The Morgan fingerprint density at radius 1 is 1.43 bits per heavy atom. The third-order valence-electron chi connectivity index (χ3n) is 1.31. The average molecular weight is 230 g/mol. The van der Waals surface area contributed by atoms with Crippen molar-refractivity contribution < 1.29 is 9.53 Å². The standard InChI is InChI=1S/C8H10N2O2S2/c1-12-8(11)10(9)14-13-7-5-3-2-4-6-7/h2-6H,9H2,1H3. The van der Waals surface area contributed by atoms with Gasteiger partial charge >= 0.3 is 6.09 Å². The number of nitrogens with zero attached hydrogens (tertiary/aromatic N) is 1. The smallest absolute Gasteiger partial charge is 0.435 e. The number of hydrogen-bond donors (Lipinski definition) is 1. The molecule has 0 spiro atoms. The summed E-state index contributed by atoms with van der Waals surface area (Å²) in [4.78, 5) is 11.9. The molecule has 2 N–H and O–H groups in total. The number of methoxy groups -OCH3 is 1. The molecule has 0 radical (unpaired) electrons. The summed E-state index contributed by atoms with van der Waals surface area (Å²) in [6.07, 6.45) is -0.571. The number of hydrazine groups is 1. The highest BCUT2D eigenvalue weighted by atomic mass is 33.1. The van der Waals surface area contributed by atoms with E-state index in [9.17, 15) is 4.79 Å². The van der Waals surface area contributed by atoms with E-state index in [1.807, 2.05) is 30.3 Å². The van der Waals surface area contributed by atoms with Gasteiger partial charge in [-0.15, -0.1) is 0 Å². The van der Waals surface area contributed by atoms with E-state index in [4.69, 9.17) is 5.84 Å². The topological polar surface area (TPSA) is 55.6 Å². The molecule has 1 aromatic carbocycles. The summed E-state index contributed by atoms with van der Waals surface area (Å²) in [5.74, 6) is 5.38. The van der Waals surface area contributed by atoms with Crippen LogP contribution in [-0.2, 0) is 4.74 Å². The van der Waals surface area contributed by atoms with Crippen LogP contribution in [0.5, 0.6) is 0 Å². The number of carbonyl (C=O) groups excluding carboxylic acids is 1. The van der Waals surface area contributed by atoms with E-state index in [2.05, 4.69) is 4.74 Å². The Morgan fingerprint density at radius 3 is 2.64 bits per heavy atom. The third kappa shape index (κ3) is 3.49. The minimum Gasteiger partial charge on any atom is -0.451 e. The van der Waals surface area contributed by atoms with Crippen molar-refractivity contribution in [2.75, 3.05) is 7.11 Å². The first-order chi connectivity index (χ1) is 6.74. The monoisotopic (exact) mass is 230 g/mol. The van der Waals surface area contributed by atoms with E-state index in [1.54, 1.807) is 0 Å². The Bertz CT molecular complexity index is 295. The summed E-state index contributed by atoms with van der Waals surface area (Å²) in [5, 5.41) is 0. The van der Waals surface area contributed by atoms with Gasteiger partial charge in [0.25, 0.3) is 0 Å². The number of hydrogen-bond acceptors (Lipinski definition) is 5. The van der Waals surface area contributed by atoms with E-state index in [0.29, 0.717) is 0 Å². The molecule has 0 saturated carbocycles. The molecule has 0 aromatic heterocycles. The summed E-state index contributed by atoms with van der Waals surface area (Å²) >= 11 is 0. The minimum atomic E-state index is -0.571. The second-order valence-electron chi connectivity index (χ2n) is 2.27. The first-order valence-electron chi connectivity index (χ1n) is 3.76. The van der Waals surface area contributed by atoms with Crippen LogP contribution in [-0.4, -0.2) is 17.6 Å². The molecule has 4 nitrogen and oxygen atoms in total. The van der Waals surface area contributed by atoms with Crippen molar-refractivity contribution >= 4 is 27.9 Å². The molecule has 1 rings (SSSR count). The number of carbonyl (C=O) groups is 1. The van der Waals surface area contributed by atoms with Crippen molar-refractivity contribution in [3.8, 4) is 0 Å². The van der Waals surface area contributed by atoms with Gasteiger partial charge in [-0.2, -0.15) is 4.41 Å². The predicted molar refractivity (Wildman–Crippen MR) is 58.3 cm³/mol. The van der Waals surface area contributed by atoms with E-state index in [0.717, 1.165) is 20.3 Å². The van der Waals surface area contributed by atoms with Crippen molar-refractivity contribution in [3.05, 3.63) is 30.3 Å². The van der Waals surface area contributed by atoms with E-state index in [1.165, 1.54) is 17.9 Å². The fourth-order valence-corrected chi connectivity index (χ4v) is 2.26. The second-order valence-corrected chi connectivity index (χ2v) is 4.39. The summed E-state index contributed by atoms with van der Waals surface area (Å²) in [7, 11) is 3.79. The molecular formula is C8H10N2O2S2.